The Morgan fingerprint density at radius 2 is 2.00 bits per heavy atom. The summed E-state index contributed by atoms with van der Waals surface area (Å²) in [7, 11) is -3.48. The third-order valence-electron chi connectivity index (χ3n) is 2.80. The van der Waals surface area contributed by atoms with Gasteiger partial charge < -0.3 is 0 Å². The first-order valence-electron chi connectivity index (χ1n) is 6.87. The highest BCUT2D eigenvalue weighted by atomic mass is 32.2. The highest BCUT2D eigenvalue weighted by Crippen LogP contribution is 2.27. The SMILES string of the molecule is Cc1ccccc1CS(=O)(=O)Nc1nnc(SCC(C)C)s1. The Balaban J connectivity index is 2.01. The second kappa shape index (κ2) is 7.43. The number of nitrogens with one attached hydrogen (secondary N) is 1. The zero-order valence-electron chi connectivity index (χ0n) is 12.7. The fourth-order valence-electron chi connectivity index (χ4n) is 1.69. The molecule has 0 unspecified atom stereocenters. The normalized spacial score (nSPS) is 11.8. The van der Waals surface area contributed by atoms with Gasteiger partial charge in [-0.3, -0.25) is 4.72 Å². The zero-order valence-corrected chi connectivity index (χ0v) is 15.2. The van der Waals surface area contributed by atoms with Gasteiger partial charge in [0.15, 0.2) is 4.34 Å². The van der Waals surface area contributed by atoms with Gasteiger partial charge >= 0.3 is 0 Å². The van der Waals surface area contributed by atoms with Gasteiger partial charge in [0.25, 0.3) is 0 Å². The van der Waals surface area contributed by atoms with Crippen LogP contribution in [-0.4, -0.2) is 24.4 Å². The van der Waals surface area contributed by atoms with E-state index in [1.807, 2.05) is 31.2 Å². The van der Waals surface area contributed by atoms with Crippen LogP contribution in [0.4, 0.5) is 5.13 Å². The van der Waals surface area contributed by atoms with Crippen molar-refractivity contribution >= 4 is 38.3 Å². The van der Waals surface area contributed by atoms with Crippen molar-refractivity contribution in [2.24, 2.45) is 5.92 Å². The average molecular weight is 358 g/mol. The minimum Gasteiger partial charge on any atom is -0.257 e. The van der Waals surface area contributed by atoms with E-state index in [-0.39, 0.29) is 5.75 Å². The molecule has 2 rings (SSSR count). The number of thioether (sulfide) groups is 1. The molecular weight excluding hydrogens is 338 g/mol. The molecule has 0 amide bonds. The van der Waals surface area contributed by atoms with Crippen LogP contribution in [0.1, 0.15) is 25.0 Å². The zero-order chi connectivity index (χ0) is 16.2. The molecule has 0 saturated heterocycles. The molecule has 0 radical (unpaired) electrons. The summed E-state index contributed by atoms with van der Waals surface area (Å²) in [5.41, 5.74) is 1.74. The minimum absolute atomic E-state index is 0.0618. The van der Waals surface area contributed by atoms with E-state index >= 15 is 0 Å². The van der Waals surface area contributed by atoms with Gasteiger partial charge in [-0.1, -0.05) is 61.2 Å². The summed E-state index contributed by atoms with van der Waals surface area (Å²) in [4.78, 5) is 0. The number of sulfonamides is 1. The molecule has 0 spiro atoms. The molecule has 1 aromatic heterocycles. The van der Waals surface area contributed by atoms with Gasteiger partial charge in [0, 0.05) is 5.75 Å². The highest BCUT2D eigenvalue weighted by molar-refractivity contribution is 8.01. The van der Waals surface area contributed by atoms with E-state index in [4.69, 9.17) is 0 Å². The van der Waals surface area contributed by atoms with Gasteiger partial charge in [0.05, 0.1) is 5.75 Å². The molecule has 22 heavy (non-hydrogen) atoms. The summed E-state index contributed by atoms with van der Waals surface area (Å²) in [6, 6.07) is 7.44. The molecule has 0 aliphatic heterocycles. The molecule has 0 fully saturated rings. The maximum atomic E-state index is 12.2. The summed E-state index contributed by atoms with van der Waals surface area (Å²) in [5, 5.41) is 8.22. The van der Waals surface area contributed by atoms with E-state index in [0.29, 0.717) is 11.0 Å². The van der Waals surface area contributed by atoms with Crippen LogP contribution in [0.25, 0.3) is 0 Å². The molecule has 2 aromatic rings. The van der Waals surface area contributed by atoms with E-state index in [2.05, 4.69) is 28.8 Å². The molecule has 1 aromatic carbocycles. The fraction of sp³-hybridized carbons (Fsp3) is 0.429. The minimum atomic E-state index is -3.48. The van der Waals surface area contributed by atoms with E-state index in [1.54, 1.807) is 11.8 Å². The Bertz CT molecular complexity index is 726. The van der Waals surface area contributed by atoms with Crippen LogP contribution >= 0.6 is 23.1 Å². The number of aromatic nitrogens is 2. The lowest BCUT2D eigenvalue weighted by atomic mass is 10.1. The summed E-state index contributed by atoms with van der Waals surface area (Å²) >= 11 is 2.86. The maximum Gasteiger partial charge on any atom is 0.238 e. The molecule has 0 aliphatic carbocycles. The molecule has 0 saturated carbocycles. The van der Waals surface area contributed by atoms with Gasteiger partial charge in [-0.15, -0.1) is 10.2 Å². The Kier molecular flexibility index (Phi) is 5.82. The van der Waals surface area contributed by atoms with E-state index in [0.717, 1.165) is 21.2 Å². The largest absolute Gasteiger partial charge is 0.257 e. The first kappa shape index (κ1) is 17.2. The molecule has 1 N–H and O–H groups in total. The van der Waals surface area contributed by atoms with Gasteiger partial charge in [0.2, 0.25) is 15.2 Å². The molecule has 8 heteroatoms. The molecule has 0 bridgehead atoms. The van der Waals surface area contributed by atoms with Crippen molar-refractivity contribution in [2.75, 3.05) is 10.5 Å². The number of rotatable bonds is 7. The van der Waals surface area contributed by atoms with Crippen molar-refractivity contribution in [1.82, 2.24) is 10.2 Å². The van der Waals surface area contributed by atoms with Crippen molar-refractivity contribution in [2.45, 2.75) is 30.9 Å². The van der Waals surface area contributed by atoms with Gasteiger partial charge in [-0.2, -0.15) is 0 Å². The van der Waals surface area contributed by atoms with Crippen LogP contribution in [-0.2, 0) is 15.8 Å². The van der Waals surface area contributed by atoms with Crippen LogP contribution in [0.2, 0.25) is 0 Å². The number of anilines is 1. The van der Waals surface area contributed by atoms with Crippen molar-refractivity contribution < 1.29 is 8.42 Å². The van der Waals surface area contributed by atoms with Crippen LogP contribution in [0, 0.1) is 12.8 Å². The number of aryl methyl sites for hydroxylation is 1. The summed E-state index contributed by atoms with van der Waals surface area (Å²) in [6.07, 6.45) is 0. The van der Waals surface area contributed by atoms with Crippen molar-refractivity contribution in [3.63, 3.8) is 0 Å². The first-order valence-corrected chi connectivity index (χ1v) is 10.3. The second-order valence-electron chi connectivity index (χ2n) is 5.37. The van der Waals surface area contributed by atoms with Gasteiger partial charge in [-0.05, 0) is 24.0 Å². The van der Waals surface area contributed by atoms with Gasteiger partial charge in [-0.25, -0.2) is 8.42 Å². The maximum absolute atomic E-state index is 12.2. The molecule has 1 heterocycles. The van der Waals surface area contributed by atoms with Gasteiger partial charge in [0.1, 0.15) is 0 Å². The van der Waals surface area contributed by atoms with Crippen LogP contribution in [0.15, 0.2) is 28.6 Å². The Morgan fingerprint density at radius 1 is 1.27 bits per heavy atom. The van der Waals surface area contributed by atoms with Crippen LogP contribution < -0.4 is 4.72 Å². The van der Waals surface area contributed by atoms with Crippen LogP contribution in [0.5, 0.6) is 0 Å². The Labute approximate surface area is 139 Å². The number of nitrogens with zero attached hydrogens (tertiary/aromatic N) is 2. The molecule has 0 atom stereocenters. The molecule has 5 nitrogen and oxygen atoms in total. The molecular formula is C14H19N3O2S3. The van der Waals surface area contributed by atoms with E-state index in [1.165, 1.54) is 11.3 Å². The predicted molar refractivity (Wildman–Crippen MR) is 92.9 cm³/mol. The Morgan fingerprint density at radius 3 is 2.68 bits per heavy atom. The summed E-state index contributed by atoms with van der Waals surface area (Å²) < 4.78 is 27.7. The molecule has 0 aliphatic rings. The van der Waals surface area contributed by atoms with Crippen molar-refractivity contribution in [1.29, 1.82) is 0 Å². The predicted octanol–water partition coefficient (Wildman–Crippen LogP) is 3.54. The lowest BCUT2D eigenvalue weighted by Gasteiger charge is -2.07. The molecule has 120 valence electrons. The summed E-state index contributed by atoms with van der Waals surface area (Å²) in [6.45, 7) is 6.15. The van der Waals surface area contributed by atoms with E-state index < -0.39 is 10.0 Å². The average Bonchev–Trinajstić information content (AvgIpc) is 2.85. The highest BCUT2D eigenvalue weighted by Gasteiger charge is 2.16. The summed E-state index contributed by atoms with van der Waals surface area (Å²) in [5.74, 6) is 1.42. The lowest BCUT2D eigenvalue weighted by molar-refractivity contribution is 0.600. The standard InChI is InChI=1S/C14H19N3O2S3/c1-10(2)8-20-14-16-15-13(21-14)17-22(18,19)9-12-7-5-4-6-11(12)3/h4-7,10H,8-9H2,1-3H3,(H,15,17). The number of hydrogen-bond acceptors (Lipinski definition) is 6. The lowest BCUT2D eigenvalue weighted by Crippen LogP contribution is -2.15. The number of benzene rings is 1. The smallest absolute Gasteiger partial charge is 0.238 e. The van der Waals surface area contributed by atoms with Crippen LogP contribution in [0.3, 0.4) is 0 Å². The fourth-order valence-corrected chi connectivity index (χ4v) is 4.93. The number of hydrogen-bond donors (Lipinski definition) is 1. The quantitative estimate of drug-likeness (QED) is 0.768. The third-order valence-corrected chi connectivity index (χ3v) is 6.52. The Hall–Kier alpha value is -1.12. The third kappa shape index (κ3) is 5.26. The van der Waals surface area contributed by atoms with E-state index in [9.17, 15) is 8.42 Å². The monoisotopic (exact) mass is 357 g/mol. The second-order valence-corrected chi connectivity index (χ2v) is 9.33. The van der Waals surface area contributed by atoms with Crippen molar-refractivity contribution in [3.05, 3.63) is 35.4 Å². The first-order chi connectivity index (χ1) is 10.4. The topological polar surface area (TPSA) is 72.0 Å². The van der Waals surface area contributed by atoms with Crippen molar-refractivity contribution in [3.8, 4) is 0 Å².